The van der Waals surface area contributed by atoms with Crippen molar-refractivity contribution in [2.45, 2.75) is 19.4 Å². The Balaban J connectivity index is 2.23. The maximum Gasteiger partial charge on any atom is 0.177 e. The largest absolute Gasteiger partial charge is 0.353 e. The van der Waals surface area contributed by atoms with Crippen LogP contribution >= 0.6 is 0 Å². The number of fused-ring (bicyclic) bond motifs is 1. The molecular formula is C12H13N2O. The summed E-state index contributed by atoms with van der Waals surface area (Å²) in [4.78, 5) is 11.6. The Morgan fingerprint density at radius 3 is 3.00 bits per heavy atom. The summed E-state index contributed by atoms with van der Waals surface area (Å²) in [5.41, 5.74) is 8.30. The predicted octanol–water partition coefficient (Wildman–Crippen LogP) is 1.26. The van der Waals surface area contributed by atoms with Crippen molar-refractivity contribution in [3.8, 4) is 0 Å². The van der Waals surface area contributed by atoms with Gasteiger partial charge >= 0.3 is 0 Å². The molecular weight excluding hydrogens is 188 g/mol. The fourth-order valence-electron chi connectivity index (χ4n) is 1.60. The lowest BCUT2D eigenvalue weighted by atomic mass is 9.96. The summed E-state index contributed by atoms with van der Waals surface area (Å²) < 4.78 is 0. The quantitative estimate of drug-likeness (QED) is 0.757. The first-order valence-electron chi connectivity index (χ1n) is 4.94. The van der Waals surface area contributed by atoms with E-state index in [0.29, 0.717) is 12.0 Å². The summed E-state index contributed by atoms with van der Waals surface area (Å²) in [6.45, 7) is 1.69. The molecule has 1 aromatic carbocycles. The molecule has 77 valence electrons. The minimum Gasteiger partial charge on any atom is -0.353 e. The van der Waals surface area contributed by atoms with Gasteiger partial charge in [-0.05, 0) is 18.6 Å². The van der Waals surface area contributed by atoms with E-state index in [4.69, 9.17) is 5.73 Å². The number of rotatable bonds is 2. The number of ketones is 1. The zero-order valence-corrected chi connectivity index (χ0v) is 8.58. The summed E-state index contributed by atoms with van der Waals surface area (Å²) in [6, 6.07) is 7.42. The number of carbonyl (C=O) groups is 1. The maximum atomic E-state index is 11.6. The van der Waals surface area contributed by atoms with E-state index in [1.807, 2.05) is 24.3 Å². The van der Waals surface area contributed by atoms with E-state index in [2.05, 4.69) is 11.5 Å². The Bertz CT molecular complexity index is 421. The van der Waals surface area contributed by atoms with Crippen LogP contribution in [0.1, 0.15) is 12.5 Å². The summed E-state index contributed by atoms with van der Waals surface area (Å²) in [6.07, 6.45) is 3.51. The SMILES string of the molecule is C[C@H](N)C(=O)C1=[C]Nc2ccccc2C1. The van der Waals surface area contributed by atoms with Gasteiger partial charge in [0.2, 0.25) is 0 Å². The van der Waals surface area contributed by atoms with Crippen molar-refractivity contribution in [3.63, 3.8) is 0 Å². The maximum absolute atomic E-state index is 11.6. The second-order valence-electron chi connectivity index (χ2n) is 3.72. The summed E-state index contributed by atoms with van der Waals surface area (Å²) in [5.74, 6) is -0.0444. The number of Topliss-reactive ketones (excluding diaryl/α,β-unsaturated/α-hetero) is 1. The van der Waals surface area contributed by atoms with E-state index in [0.717, 1.165) is 11.3 Å². The van der Waals surface area contributed by atoms with Crippen molar-refractivity contribution in [2.24, 2.45) is 5.73 Å². The van der Waals surface area contributed by atoms with Crippen LogP contribution in [0.5, 0.6) is 0 Å². The molecule has 2 rings (SSSR count). The highest BCUT2D eigenvalue weighted by Crippen LogP contribution is 2.23. The third-order valence-corrected chi connectivity index (χ3v) is 2.44. The molecule has 1 aliphatic rings. The summed E-state index contributed by atoms with van der Waals surface area (Å²) >= 11 is 0. The topological polar surface area (TPSA) is 55.1 Å². The number of anilines is 1. The first-order chi connectivity index (χ1) is 7.18. The Morgan fingerprint density at radius 1 is 1.53 bits per heavy atom. The summed E-state index contributed by atoms with van der Waals surface area (Å²) in [7, 11) is 0. The molecule has 0 spiro atoms. The second kappa shape index (κ2) is 3.87. The number of carbonyl (C=O) groups excluding carboxylic acids is 1. The minimum absolute atomic E-state index is 0.0444. The fraction of sp³-hybridized carbons (Fsp3) is 0.250. The zero-order chi connectivity index (χ0) is 10.8. The van der Waals surface area contributed by atoms with Crippen molar-refractivity contribution >= 4 is 11.5 Å². The van der Waals surface area contributed by atoms with Gasteiger partial charge in [-0.1, -0.05) is 18.2 Å². The van der Waals surface area contributed by atoms with Gasteiger partial charge in [-0.2, -0.15) is 0 Å². The van der Waals surface area contributed by atoms with Gasteiger partial charge in [0.15, 0.2) is 5.78 Å². The number of nitrogens with one attached hydrogen (secondary N) is 1. The normalized spacial score (nSPS) is 16.0. The first-order valence-corrected chi connectivity index (χ1v) is 4.94. The number of hydrogen-bond donors (Lipinski definition) is 2. The standard InChI is InChI=1S/C12H13N2O/c1-8(13)12(15)10-6-9-4-2-3-5-11(9)14-7-10/h2-5,8,14H,6,13H2,1H3/t8-/m0/s1. The van der Waals surface area contributed by atoms with Crippen molar-refractivity contribution in [1.82, 2.24) is 0 Å². The smallest absolute Gasteiger partial charge is 0.177 e. The fourth-order valence-corrected chi connectivity index (χ4v) is 1.60. The number of hydrogen-bond acceptors (Lipinski definition) is 3. The molecule has 0 unspecified atom stereocenters. The third-order valence-electron chi connectivity index (χ3n) is 2.44. The molecule has 0 fully saturated rings. The van der Waals surface area contributed by atoms with Gasteiger partial charge < -0.3 is 11.1 Å². The van der Waals surface area contributed by atoms with Crippen LogP contribution in [0.3, 0.4) is 0 Å². The van der Waals surface area contributed by atoms with E-state index < -0.39 is 6.04 Å². The molecule has 1 aromatic rings. The Hall–Kier alpha value is -1.61. The molecule has 0 amide bonds. The van der Waals surface area contributed by atoms with Crippen LogP contribution in [-0.2, 0) is 11.2 Å². The molecule has 0 aromatic heterocycles. The lowest BCUT2D eigenvalue weighted by Gasteiger charge is -2.17. The van der Waals surface area contributed by atoms with Crippen molar-refractivity contribution in [3.05, 3.63) is 41.6 Å². The first kappa shape index (κ1) is 9.93. The van der Waals surface area contributed by atoms with E-state index in [1.165, 1.54) is 0 Å². The monoisotopic (exact) mass is 201 g/mol. The predicted molar refractivity (Wildman–Crippen MR) is 59.2 cm³/mol. The van der Waals surface area contributed by atoms with Gasteiger partial charge in [0.25, 0.3) is 0 Å². The molecule has 3 N–H and O–H groups in total. The van der Waals surface area contributed by atoms with Crippen LogP contribution in [0, 0.1) is 6.20 Å². The summed E-state index contributed by atoms with van der Waals surface area (Å²) in [5, 5.41) is 2.99. The highest BCUT2D eigenvalue weighted by molar-refractivity contribution is 5.99. The van der Waals surface area contributed by atoms with Gasteiger partial charge in [-0.25, -0.2) is 0 Å². The van der Waals surface area contributed by atoms with Crippen LogP contribution in [-0.4, -0.2) is 11.8 Å². The molecule has 0 aliphatic carbocycles. The van der Waals surface area contributed by atoms with Gasteiger partial charge in [0.1, 0.15) is 0 Å². The van der Waals surface area contributed by atoms with Gasteiger partial charge in [0, 0.05) is 17.7 Å². The molecule has 1 aliphatic heterocycles. The molecule has 15 heavy (non-hydrogen) atoms. The Kier molecular flexibility index (Phi) is 2.56. The third kappa shape index (κ3) is 1.92. The Morgan fingerprint density at radius 2 is 2.27 bits per heavy atom. The molecule has 1 radical (unpaired) electrons. The zero-order valence-electron chi connectivity index (χ0n) is 8.58. The van der Waals surface area contributed by atoms with Gasteiger partial charge in [-0.15, -0.1) is 0 Å². The molecule has 3 heteroatoms. The van der Waals surface area contributed by atoms with Gasteiger partial charge in [0.05, 0.1) is 12.2 Å². The van der Waals surface area contributed by atoms with Crippen molar-refractivity contribution < 1.29 is 4.79 Å². The van der Waals surface area contributed by atoms with Gasteiger partial charge in [-0.3, -0.25) is 4.79 Å². The Labute approximate surface area is 89.0 Å². The van der Waals surface area contributed by atoms with Crippen LogP contribution in [0.25, 0.3) is 0 Å². The minimum atomic E-state index is -0.459. The molecule has 3 nitrogen and oxygen atoms in total. The van der Waals surface area contributed by atoms with Crippen LogP contribution in [0.2, 0.25) is 0 Å². The van der Waals surface area contributed by atoms with Crippen LogP contribution in [0.4, 0.5) is 5.69 Å². The van der Waals surface area contributed by atoms with Crippen LogP contribution in [0.15, 0.2) is 29.8 Å². The highest BCUT2D eigenvalue weighted by Gasteiger charge is 2.19. The van der Waals surface area contributed by atoms with E-state index >= 15 is 0 Å². The van der Waals surface area contributed by atoms with E-state index in [1.54, 1.807) is 6.92 Å². The highest BCUT2D eigenvalue weighted by atomic mass is 16.1. The molecule has 0 saturated carbocycles. The number of nitrogens with two attached hydrogens (primary N) is 1. The van der Waals surface area contributed by atoms with Crippen molar-refractivity contribution in [2.75, 3.05) is 5.32 Å². The molecule has 0 bridgehead atoms. The lowest BCUT2D eigenvalue weighted by molar-refractivity contribution is -0.116. The molecule has 1 atom stereocenters. The molecule has 0 saturated heterocycles. The van der Waals surface area contributed by atoms with E-state index in [9.17, 15) is 4.79 Å². The average molecular weight is 201 g/mol. The van der Waals surface area contributed by atoms with Crippen molar-refractivity contribution in [1.29, 1.82) is 0 Å². The van der Waals surface area contributed by atoms with E-state index in [-0.39, 0.29) is 5.78 Å². The van der Waals surface area contributed by atoms with Crippen LogP contribution < -0.4 is 11.1 Å². The number of benzene rings is 1. The molecule has 1 heterocycles. The number of para-hydroxylation sites is 1. The second-order valence-corrected chi connectivity index (χ2v) is 3.72. The average Bonchev–Trinajstić information content (AvgIpc) is 2.27. The lowest BCUT2D eigenvalue weighted by Crippen LogP contribution is -2.30.